The third-order valence-electron chi connectivity index (χ3n) is 5.00. The van der Waals surface area contributed by atoms with E-state index >= 15 is 0 Å². The first-order valence-corrected chi connectivity index (χ1v) is 9.44. The highest BCUT2D eigenvalue weighted by Crippen LogP contribution is 2.25. The lowest BCUT2D eigenvalue weighted by Gasteiger charge is -2.36. The molecular formula is C20H19ClN6. The van der Waals surface area contributed by atoms with Crippen molar-refractivity contribution in [2.45, 2.75) is 6.92 Å². The summed E-state index contributed by atoms with van der Waals surface area (Å²) in [6, 6.07) is 16.1. The van der Waals surface area contributed by atoms with Crippen molar-refractivity contribution in [3.8, 4) is 0 Å². The second-order valence-corrected chi connectivity index (χ2v) is 7.21. The highest BCUT2D eigenvalue weighted by Gasteiger charge is 2.22. The fourth-order valence-electron chi connectivity index (χ4n) is 3.69. The van der Waals surface area contributed by atoms with Gasteiger partial charge in [0, 0.05) is 42.3 Å². The number of hydrogen-bond acceptors (Lipinski definition) is 5. The Balaban J connectivity index is 1.49. The van der Waals surface area contributed by atoms with E-state index in [0.717, 1.165) is 65.2 Å². The van der Waals surface area contributed by atoms with E-state index in [2.05, 4.69) is 25.9 Å². The zero-order chi connectivity index (χ0) is 18.4. The Kier molecular flexibility index (Phi) is 3.86. The number of aromatic nitrogens is 4. The minimum atomic E-state index is 0.756. The van der Waals surface area contributed by atoms with Crippen molar-refractivity contribution in [1.29, 1.82) is 0 Å². The number of benzene rings is 2. The van der Waals surface area contributed by atoms with Gasteiger partial charge in [0.05, 0.1) is 5.52 Å². The SMILES string of the molecule is Cc1nc2c3ccccc3nc(N3CCN(c4cccc(Cl)c4)CC3)n2n1. The third-order valence-corrected chi connectivity index (χ3v) is 5.24. The molecule has 7 heteroatoms. The van der Waals surface area contributed by atoms with E-state index in [4.69, 9.17) is 16.6 Å². The molecule has 27 heavy (non-hydrogen) atoms. The molecule has 4 aromatic rings. The summed E-state index contributed by atoms with van der Waals surface area (Å²) in [5.74, 6) is 1.61. The molecule has 2 aromatic heterocycles. The van der Waals surface area contributed by atoms with E-state index in [1.165, 1.54) is 0 Å². The second kappa shape index (κ2) is 6.39. The molecule has 0 unspecified atom stereocenters. The number of anilines is 2. The minimum absolute atomic E-state index is 0.756. The summed E-state index contributed by atoms with van der Waals surface area (Å²) in [6.07, 6.45) is 0. The van der Waals surface area contributed by atoms with E-state index in [1.807, 2.05) is 53.9 Å². The third kappa shape index (κ3) is 2.86. The lowest BCUT2D eigenvalue weighted by Crippen LogP contribution is -2.47. The standard InChI is InChI=1S/C20H19ClN6/c1-14-22-19-17-7-2-3-8-18(17)23-20(27(19)24-14)26-11-9-25(10-12-26)16-6-4-5-15(21)13-16/h2-8,13H,9-12H2,1H3. The van der Waals surface area contributed by atoms with Crippen LogP contribution in [0.2, 0.25) is 5.02 Å². The summed E-state index contributed by atoms with van der Waals surface area (Å²) in [7, 11) is 0. The van der Waals surface area contributed by atoms with Crippen LogP contribution in [0.15, 0.2) is 48.5 Å². The van der Waals surface area contributed by atoms with Crippen LogP contribution >= 0.6 is 11.6 Å². The number of piperazine rings is 1. The van der Waals surface area contributed by atoms with E-state index in [-0.39, 0.29) is 0 Å². The number of fused-ring (bicyclic) bond motifs is 3. The lowest BCUT2D eigenvalue weighted by molar-refractivity contribution is 0.632. The maximum absolute atomic E-state index is 6.15. The van der Waals surface area contributed by atoms with Gasteiger partial charge in [0.1, 0.15) is 5.82 Å². The predicted octanol–water partition coefficient (Wildman–Crippen LogP) is 3.57. The van der Waals surface area contributed by atoms with Crippen LogP contribution in [0, 0.1) is 6.92 Å². The molecule has 2 aromatic carbocycles. The Bertz CT molecular complexity index is 1130. The fourth-order valence-corrected chi connectivity index (χ4v) is 3.87. The Hall–Kier alpha value is -2.86. The summed E-state index contributed by atoms with van der Waals surface area (Å²) in [6.45, 7) is 5.47. The number of rotatable bonds is 2. The first kappa shape index (κ1) is 16.3. The van der Waals surface area contributed by atoms with Crippen LogP contribution < -0.4 is 9.80 Å². The molecule has 1 saturated heterocycles. The van der Waals surface area contributed by atoms with Gasteiger partial charge >= 0.3 is 0 Å². The molecule has 1 fully saturated rings. The Morgan fingerprint density at radius 1 is 0.889 bits per heavy atom. The quantitative estimate of drug-likeness (QED) is 0.533. The van der Waals surface area contributed by atoms with E-state index in [1.54, 1.807) is 0 Å². The van der Waals surface area contributed by atoms with Crippen LogP contribution in [0.1, 0.15) is 5.82 Å². The molecule has 136 valence electrons. The number of nitrogens with zero attached hydrogens (tertiary/aromatic N) is 6. The van der Waals surface area contributed by atoms with Crippen molar-refractivity contribution in [3.63, 3.8) is 0 Å². The van der Waals surface area contributed by atoms with Gasteiger partial charge in [-0.05, 0) is 37.3 Å². The van der Waals surface area contributed by atoms with Gasteiger partial charge < -0.3 is 9.80 Å². The van der Waals surface area contributed by atoms with Gasteiger partial charge in [0.2, 0.25) is 5.95 Å². The number of hydrogen-bond donors (Lipinski definition) is 0. The molecule has 0 saturated carbocycles. The van der Waals surface area contributed by atoms with Crippen LogP contribution in [-0.2, 0) is 0 Å². The summed E-state index contributed by atoms with van der Waals surface area (Å²) >= 11 is 6.15. The zero-order valence-corrected chi connectivity index (χ0v) is 15.8. The molecule has 0 spiro atoms. The molecule has 0 aliphatic carbocycles. The summed E-state index contributed by atoms with van der Waals surface area (Å²) in [5.41, 5.74) is 2.98. The zero-order valence-electron chi connectivity index (χ0n) is 15.0. The van der Waals surface area contributed by atoms with Crippen molar-refractivity contribution in [2.24, 2.45) is 0 Å². The van der Waals surface area contributed by atoms with Gasteiger partial charge in [-0.3, -0.25) is 0 Å². The van der Waals surface area contributed by atoms with E-state index < -0.39 is 0 Å². The maximum Gasteiger partial charge on any atom is 0.229 e. The van der Waals surface area contributed by atoms with Crippen molar-refractivity contribution in [1.82, 2.24) is 19.6 Å². The average Bonchev–Trinajstić information content (AvgIpc) is 3.09. The molecule has 1 aliphatic rings. The summed E-state index contributed by atoms with van der Waals surface area (Å²) < 4.78 is 1.88. The first-order chi connectivity index (χ1) is 13.2. The van der Waals surface area contributed by atoms with Gasteiger partial charge in [0.15, 0.2) is 5.65 Å². The highest BCUT2D eigenvalue weighted by molar-refractivity contribution is 6.30. The number of halogens is 1. The molecule has 0 N–H and O–H groups in total. The lowest BCUT2D eigenvalue weighted by atomic mass is 10.2. The molecule has 1 aliphatic heterocycles. The minimum Gasteiger partial charge on any atom is -0.368 e. The summed E-state index contributed by atoms with van der Waals surface area (Å²) in [5, 5.41) is 6.39. The molecular weight excluding hydrogens is 360 g/mol. The largest absolute Gasteiger partial charge is 0.368 e. The molecule has 0 radical (unpaired) electrons. The van der Waals surface area contributed by atoms with Crippen LogP contribution in [0.3, 0.4) is 0 Å². The monoisotopic (exact) mass is 378 g/mol. The fraction of sp³-hybridized carbons (Fsp3) is 0.250. The molecule has 0 amide bonds. The van der Waals surface area contributed by atoms with Crippen molar-refractivity contribution < 1.29 is 0 Å². The number of para-hydroxylation sites is 1. The Morgan fingerprint density at radius 2 is 1.67 bits per heavy atom. The van der Waals surface area contributed by atoms with Crippen LogP contribution in [0.25, 0.3) is 16.6 Å². The normalized spacial score (nSPS) is 15.0. The molecule has 6 nitrogen and oxygen atoms in total. The van der Waals surface area contributed by atoms with E-state index in [9.17, 15) is 0 Å². The molecule has 3 heterocycles. The van der Waals surface area contributed by atoms with Gasteiger partial charge in [-0.15, -0.1) is 5.10 Å². The van der Waals surface area contributed by atoms with E-state index in [0.29, 0.717) is 0 Å². The van der Waals surface area contributed by atoms with Gasteiger partial charge in [0.25, 0.3) is 0 Å². The van der Waals surface area contributed by atoms with Gasteiger partial charge in [-0.2, -0.15) is 4.52 Å². The van der Waals surface area contributed by atoms with Crippen molar-refractivity contribution in [3.05, 3.63) is 59.4 Å². The number of aryl methyl sites for hydroxylation is 1. The average molecular weight is 379 g/mol. The van der Waals surface area contributed by atoms with Gasteiger partial charge in [-0.1, -0.05) is 29.8 Å². The molecule has 0 bridgehead atoms. The van der Waals surface area contributed by atoms with Crippen LogP contribution in [-0.4, -0.2) is 45.8 Å². The van der Waals surface area contributed by atoms with Crippen molar-refractivity contribution >= 4 is 39.8 Å². The topological polar surface area (TPSA) is 49.6 Å². The van der Waals surface area contributed by atoms with Crippen LogP contribution in [0.5, 0.6) is 0 Å². The molecule has 5 rings (SSSR count). The first-order valence-electron chi connectivity index (χ1n) is 9.07. The Labute approximate surface area is 162 Å². The van der Waals surface area contributed by atoms with Crippen LogP contribution in [0.4, 0.5) is 11.6 Å². The maximum atomic E-state index is 6.15. The highest BCUT2D eigenvalue weighted by atomic mass is 35.5. The van der Waals surface area contributed by atoms with Gasteiger partial charge in [-0.25, -0.2) is 9.97 Å². The van der Waals surface area contributed by atoms with Crippen molar-refractivity contribution in [2.75, 3.05) is 36.0 Å². The smallest absolute Gasteiger partial charge is 0.229 e. The Morgan fingerprint density at radius 3 is 2.48 bits per heavy atom. The summed E-state index contributed by atoms with van der Waals surface area (Å²) in [4.78, 5) is 14.2. The second-order valence-electron chi connectivity index (χ2n) is 6.78. The predicted molar refractivity (Wildman–Crippen MR) is 109 cm³/mol. The molecule has 0 atom stereocenters.